The Bertz CT molecular complexity index is 3920. The van der Waals surface area contributed by atoms with Crippen LogP contribution in [0.25, 0.3) is 68.8 Å². The van der Waals surface area contributed by atoms with Crippen molar-refractivity contribution in [3.8, 4) is 44.5 Å². The molecule has 0 fully saturated rings. The van der Waals surface area contributed by atoms with Gasteiger partial charge in [-0.1, -0.05) is 234 Å². The number of benzene rings is 11. The van der Waals surface area contributed by atoms with Crippen molar-refractivity contribution < 1.29 is 0 Å². The lowest BCUT2D eigenvalue weighted by Gasteiger charge is -2.28. The molecule has 0 N–H and O–H groups in total. The normalized spacial score (nSPS) is 13.5. The fourth-order valence-electron chi connectivity index (χ4n) is 12.4. The molecular weight excluding hydrogens is 965 g/mol. The second-order valence-electron chi connectivity index (χ2n) is 22.8. The van der Waals surface area contributed by atoms with Crippen LogP contribution in [-0.2, 0) is 10.8 Å². The first-order valence-electron chi connectivity index (χ1n) is 28.0. The Balaban J connectivity index is 0.720. The van der Waals surface area contributed by atoms with Crippen molar-refractivity contribution >= 4 is 58.4 Å². The lowest BCUT2D eigenvalue weighted by molar-refractivity contribution is 0.660. The summed E-state index contributed by atoms with van der Waals surface area (Å²) in [5.74, 6) is 0. The van der Waals surface area contributed by atoms with Gasteiger partial charge in [0, 0.05) is 45.0 Å². The van der Waals surface area contributed by atoms with Gasteiger partial charge in [0.05, 0.1) is 0 Å². The second kappa shape index (κ2) is 20.4. The molecule has 0 unspecified atom stereocenters. The average molecular weight is 1030 g/mol. The van der Waals surface area contributed by atoms with Crippen LogP contribution in [0.4, 0.5) is 34.1 Å². The largest absolute Gasteiger partial charge is 0.310 e. The van der Waals surface area contributed by atoms with Crippen LogP contribution in [0.2, 0.25) is 0 Å². The van der Waals surface area contributed by atoms with E-state index in [4.69, 9.17) is 0 Å². The van der Waals surface area contributed by atoms with Gasteiger partial charge in [0.1, 0.15) is 0 Å². The molecule has 0 aliphatic heterocycles. The maximum absolute atomic E-state index is 2.42. The van der Waals surface area contributed by atoms with Crippen LogP contribution in [0.1, 0.15) is 83.3 Å². The van der Waals surface area contributed by atoms with Gasteiger partial charge < -0.3 is 9.80 Å². The summed E-state index contributed by atoms with van der Waals surface area (Å²) in [5.41, 5.74) is 29.1. The zero-order valence-corrected chi connectivity index (χ0v) is 46.5. The van der Waals surface area contributed by atoms with E-state index in [0.717, 1.165) is 34.1 Å². The molecule has 0 atom stereocenters. The molecule has 2 nitrogen and oxygen atoms in total. The summed E-state index contributed by atoms with van der Waals surface area (Å²) in [6, 6.07) is 93.7. The van der Waals surface area contributed by atoms with E-state index in [1.807, 2.05) is 0 Å². The molecule has 0 saturated carbocycles. The summed E-state index contributed by atoms with van der Waals surface area (Å²) in [6.07, 6.45) is 8.98. The Morgan fingerprint density at radius 1 is 0.250 bits per heavy atom. The minimum atomic E-state index is -0.189. The molecule has 0 bridgehead atoms. The van der Waals surface area contributed by atoms with Gasteiger partial charge in [0.25, 0.3) is 0 Å². The van der Waals surface area contributed by atoms with Gasteiger partial charge in [0.15, 0.2) is 0 Å². The van der Waals surface area contributed by atoms with Gasteiger partial charge in [-0.25, -0.2) is 0 Å². The van der Waals surface area contributed by atoms with Gasteiger partial charge in [-0.05, 0) is 187 Å². The highest BCUT2D eigenvalue weighted by Gasteiger charge is 2.38. The molecule has 2 aliphatic rings. The summed E-state index contributed by atoms with van der Waals surface area (Å²) in [6.45, 7) is 13.8. The minimum Gasteiger partial charge on any atom is -0.310 e. The summed E-state index contributed by atoms with van der Waals surface area (Å²) < 4.78 is 0. The summed E-state index contributed by atoms with van der Waals surface area (Å²) >= 11 is 0. The lowest BCUT2D eigenvalue weighted by Crippen LogP contribution is -2.16. The van der Waals surface area contributed by atoms with Crippen molar-refractivity contribution in [3.63, 3.8) is 0 Å². The average Bonchev–Trinajstić information content (AvgIpc) is 3.72. The minimum absolute atomic E-state index is 0.189. The van der Waals surface area contributed by atoms with Crippen molar-refractivity contribution in [2.24, 2.45) is 0 Å². The molecule has 80 heavy (non-hydrogen) atoms. The third-order valence-corrected chi connectivity index (χ3v) is 16.7. The fourth-order valence-corrected chi connectivity index (χ4v) is 12.4. The van der Waals surface area contributed by atoms with E-state index in [1.165, 1.54) is 100 Å². The highest BCUT2D eigenvalue weighted by molar-refractivity contribution is 5.90. The van der Waals surface area contributed by atoms with E-state index in [2.05, 4.69) is 330 Å². The molecule has 11 aromatic carbocycles. The molecule has 0 spiro atoms. The van der Waals surface area contributed by atoms with Gasteiger partial charge in [-0.3, -0.25) is 0 Å². The van der Waals surface area contributed by atoms with Crippen LogP contribution in [0.3, 0.4) is 0 Å². The zero-order chi connectivity index (χ0) is 54.5. The Labute approximate surface area is 473 Å². The van der Waals surface area contributed by atoms with Crippen LogP contribution in [0, 0.1) is 13.8 Å². The molecule has 13 rings (SSSR count). The van der Waals surface area contributed by atoms with Crippen LogP contribution < -0.4 is 9.80 Å². The fraction of sp³-hybridized carbons (Fsp3) is 0.103. The summed E-state index contributed by atoms with van der Waals surface area (Å²) in [5, 5.41) is 0. The maximum Gasteiger partial charge on any atom is 0.0467 e. The highest BCUT2D eigenvalue weighted by atomic mass is 15.1. The van der Waals surface area contributed by atoms with Crippen molar-refractivity contribution in [2.45, 2.75) is 52.4 Å². The molecule has 0 radical (unpaired) electrons. The van der Waals surface area contributed by atoms with Gasteiger partial charge in [-0.15, -0.1) is 0 Å². The van der Waals surface area contributed by atoms with Gasteiger partial charge >= 0.3 is 0 Å². The first-order chi connectivity index (χ1) is 38.9. The van der Waals surface area contributed by atoms with Crippen LogP contribution in [0.15, 0.2) is 255 Å². The molecule has 11 aromatic rings. The van der Waals surface area contributed by atoms with E-state index in [9.17, 15) is 0 Å². The maximum atomic E-state index is 2.42. The smallest absolute Gasteiger partial charge is 0.0467 e. The first-order valence-corrected chi connectivity index (χ1v) is 28.0. The molecule has 0 amide bonds. The third kappa shape index (κ3) is 9.37. The number of rotatable bonds is 12. The van der Waals surface area contributed by atoms with E-state index in [-0.39, 0.29) is 10.8 Å². The van der Waals surface area contributed by atoms with E-state index in [0.29, 0.717) is 0 Å². The number of fused-ring (bicyclic) bond motifs is 6. The second-order valence-corrected chi connectivity index (χ2v) is 22.8. The van der Waals surface area contributed by atoms with Crippen molar-refractivity contribution in [2.75, 3.05) is 9.80 Å². The van der Waals surface area contributed by atoms with Crippen molar-refractivity contribution in [1.82, 2.24) is 0 Å². The quantitative estimate of drug-likeness (QED) is 0.113. The molecule has 0 heterocycles. The topological polar surface area (TPSA) is 6.48 Å². The number of anilines is 6. The Kier molecular flexibility index (Phi) is 12.7. The Morgan fingerprint density at radius 2 is 0.550 bits per heavy atom. The Hall–Kier alpha value is -9.50. The standard InChI is InChI=1S/C78H64N2/c1-53-17-13-25-63(45-53)79(65-27-15-23-61(49-65)59-19-9-7-10-20-59)67-39-43-71-69-41-37-57(47-73(69)77(3,4)75(71)51-67)35-33-55-29-31-56(32-30-55)34-36-58-38-42-70-72-44-40-68(52-76(72)78(5,6)74(70)48-58)80(64-26-14-18-54(2)46-64)66-28-16-24-62(50-66)60-21-11-8-12-22-60/h7-52H,1-6H3. The van der Waals surface area contributed by atoms with Crippen molar-refractivity contribution in [1.29, 1.82) is 0 Å². The van der Waals surface area contributed by atoms with Crippen molar-refractivity contribution in [3.05, 3.63) is 310 Å². The van der Waals surface area contributed by atoms with Crippen LogP contribution in [0.5, 0.6) is 0 Å². The molecule has 2 aliphatic carbocycles. The predicted octanol–water partition coefficient (Wildman–Crippen LogP) is 21.5. The number of hydrogen-bond acceptors (Lipinski definition) is 2. The van der Waals surface area contributed by atoms with Crippen LogP contribution >= 0.6 is 0 Å². The monoisotopic (exact) mass is 1030 g/mol. The molecule has 0 aromatic heterocycles. The molecule has 0 saturated heterocycles. The van der Waals surface area contributed by atoms with Gasteiger partial charge in [0.2, 0.25) is 0 Å². The lowest BCUT2D eigenvalue weighted by atomic mass is 9.81. The molecular formula is C78H64N2. The highest BCUT2D eigenvalue weighted by Crippen LogP contribution is 2.53. The summed E-state index contributed by atoms with van der Waals surface area (Å²) in [7, 11) is 0. The molecule has 386 valence electrons. The number of hydrogen-bond donors (Lipinski definition) is 0. The predicted molar refractivity (Wildman–Crippen MR) is 342 cm³/mol. The van der Waals surface area contributed by atoms with E-state index >= 15 is 0 Å². The number of aryl methyl sites for hydroxylation is 2. The molecule has 2 heteroatoms. The first kappa shape index (κ1) is 50.0. The van der Waals surface area contributed by atoms with Gasteiger partial charge in [-0.2, -0.15) is 0 Å². The third-order valence-electron chi connectivity index (χ3n) is 16.7. The summed E-state index contributed by atoms with van der Waals surface area (Å²) in [4.78, 5) is 4.81. The Morgan fingerprint density at radius 3 is 0.938 bits per heavy atom. The number of nitrogens with zero attached hydrogens (tertiary/aromatic N) is 2. The SMILES string of the molecule is Cc1cccc(N(c2cccc(-c3ccccc3)c2)c2ccc3c(c2)C(C)(C)c2cc(C=Cc4ccc(C=Cc5ccc6c(c5)C(C)(C)c5cc(N(c7cccc(C)c7)c7cccc(-c8ccccc8)c7)ccc5-6)cc4)ccc2-3)c1. The van der Waals surface area contributed by atoms with Crippen LogP contribution in [-0.4, -0.2) is 0 Å². The zero-order valence-electron chi connectivity index (χ0n) is 46.5. The van der Waals surface area contributed by atoms with E-state index < -0.39 is 0 Å². The van der Waals surface area contributed by atoms with E-state index in [1.54, 1.807) is 0 Å².